The van der Waals surface area contributed by atoms with E-state index in [1.165, 1.54) is 44.1 Å². The lowest BCUT2D eigenvalue weighted by molar-refractivity contribution is -0.383. The van der Waals surface area contributed by atoms with E-state index in [1.807, 2.05) is 0 Å². The van der Waals surface area contributed by atoms with Crippen LogP contribution in [0.4, 0.5) is 0 Å². The number of amides is 1. The van der Waals surface area contributed by atoms with Crippen molar-refractivity contribution >= 4 is 17.5 Å². The molecule has 0 bridgehead atoms. The van der Waals surface area contributed by atoms with Gasteiger partial charge in [0.2, 0.25) is 11.6 Å². The number of aliphatic hydroxyl groups excluding tert-OH is 10. The van der Waals surface area contributed by atoms with Crippen LogP contribution >= 0.6 is 0 Å². The van der Waals surface area contributed by atoms with Crippen LogP contribution in [0.15, 0.2) is 40.9 Å². The molecule has 0 spiro atoms. The maximum atomic E-state index is 13.3. The molecule has 2 saturated heterocycles. The maximum Gasteiger partial charge on any atom is 0.255 e. The highest BCUT2D eigenvalue weighted by molar-refractivity contribution is 6.24. The number of aliphatic hydroxyl groups is 12. The van der Waals surface area contributed by atoms with E-state index >= 15 is 0 Å². The summed E-state index contributed by atoms with van der Waals surface area (Å²) < 4.78 is 15.4. The van der Waals surface area contributed by atoms with E-state index in [9.17, 15) is 70.6 Å². The summed E-state index contributed by atoms with van der Waals surface area (Å²) in [5, 5.41) is 132. The number of nitrogens with two attached hydrogens (primary N) is 1. The predicted molar refractivity (Wildman–Crippen MR) is 178 cm³/mol. The van der Waals surface area contributed by atoms with E-state index in [1.54, 1.807) is 0 Å². The minimum Gasteiger partial charge on any atom is -0.510 e. The molecular weight excluding hydrogens is 740 g/mol. The third kappa shape index (κ3) is 6.43. The molecule has 21 nitrogen and oxygen atoms in total. The standard InChI is InChI=1S/C22H24N2O8.C12H22O11/c1-21(31)8-5-4-6-11(25)12(8)16(26)13-9(21)7-10-15(24(2)3)17(27)14(20(23)30)19(29)22(10,32)18(13)28;13-1-4-6(16)8(18)9(19)11(21-4)23-12(3-15)10(20)7(17)5(2-14)22-12/h4-6,9-10,15,25,27-28,31-32H,7H2,1-3H3,(H2,23,30);4-11,13-20H,1-3H2/t9-,10-,15-,21+,22-;4-,5-,6-,7-,8+,9-,10+,11-,12+/m01/s1. The first-order valence-corrected chi connectivity index (χ1v) is 17.0. The fraction of sp³-hybridized carbons (Fsp3) is 0.618. The van der Waals surface area contributed by atoms with Gasteiger partial charge in [-0.25, -0.2) is 0 Å². The number of aromatic hydroxyl groups is 1. The summed E-state index contributed by atoms with van der Waals surface area (Å²) in [7, 11) is 3.06. The number of nitrogens with zero attached hydrogens (tertiary/aromatic N) is 1. The summed E-state index contributed by atoms with van der Waals surface area (Å²) in [6, 6.07) is 3.05. The number of benzene rings is 1. The summed E-state index contributed by atoms with van der Waals surface area (Å²) in [4.78, 5) is 39.9. The van der Waals surface area contributed by atoms with Crippen molar-refractivity contribution in [3.8, 4) is 5.75 Å². The Kier molecular flexibility index (Phi) is 11.6. The number of likely N-dealkylation sites (N-methyl/N-ethyl adjacent to an activating group) is 1. The van der Waals surface area contributed by atoms with Crippen LogP contribution in [0.3, 0.4) is 0 Å². The van der Waals surface area contributed by atoms with Gasteiger partial charge in [0.15, 0.2) is 17.7 Å². The van der Waals surface area contributed by atoms with Crippen LogP contribution in [0.2, 0.25) is 0 Å². The first-order chi connectivity index (χ1) is 25.6. The van der Waals surface area contributed by atoms with Crippen LogP contribution in [0.5, 0.6) is 5.75 Å². The first kappa shape index (κ1) is 42.5. The third-order valence-electron chi connectivity index (χ3n) is 11.1. The minimum absolute atomic E-state index is 0.135. The molecule has 14 atom stereocenters. The van der Waals surface area contributed by atoms with E-state index < -0.39 is 150 Å². The van der Waals surface area contributed by atoms with Crippen molar-refractivity contribution in [2.45, 2.75) is 85.4 Å². The Bertz CT molecular complexity index is 1760. The smallest absolute Gasteiger partial charge is 0.255 e. The highest BCUT2D eigenvalue weighted by Gasteiger charge is 2.66. The average Bonchev–Trinajstić information content (AvgIpc) is 3.37. The fourth-order valence-electron chi connectivity index (χ4n) is 8.14. The molecule has 0 saturated carbocycles. The number of fused-ring (bicyclic) bond motifs is 3. The monoisotopic (exact) mass is 786 g/mol. The topological polar surface area (TPSA) is 371 Å². The number of primary amides is 1. The summed E-state index contributed by atoms with van der Waals surface area (Å²) in [5.41, 5.74) is -0.654. The molecule has 306 valence electrons. The number of ketones is 2. The van der Waals surface area contributed by atoms with Crippen LogP contribution < -0.4 is 5.73 Å². The zero-order valence-electron chi connectivity index (χ0n) is 29.7. The molecule has 2 fully saturated rings. The SMILES string of the molecule is CN(C)[C@@H]1C(O)=C(C(N)=O)C(=O)[C@@]2(O)C(O)=C3C(=O)c4c(O)cccc4[C@@](C)(O)[C@H]3C[C@@H]12.OC[C@H]1O[C@@](CO)(O[C@H]2O[C@H](CO)[C@@H](O)[C@H](O)[C@H]2O)[C@@H](O)[C@@H]1O. The van der Waals surface area contributed by atoms with Gasteiger partial charge in [0, 0.05) is 17.4 Å². The zero-order chi connectivity index (χ0) is 41.3. The molecule has 1 aromatic carbocycles. The van der Waals surface area contributed by atoms with Crippen LogP contribution in [-0.4, -0.2) is 189 Å². The number of phenols is 1. The van der Waals surface area contributed by atoms with Crippen LogP contribution in [-0.2, 0) is 29.4 Å². The number of phenolic OH excluding ortho intramolecular Hbond substituents is 1. The average molecular weight is 787 g/mol. The van der Waals surface area contributed by atoms with Crippen molar-refractivity contribution in [3.05, 3.63) is 52.0 Å². The molecule has 0 radical (unpaired) electrons. The maximum absolute atomic E-state index is 13.3. The van der Waals surface area contributed by atoms with Gasteiger partial charge in [-0.15, -0.1) is 0 Å². The summed E-state index contributed by atoms with van der Waals surface area (Å²) in [5.74, 6) is -10.1. The van der Waals surface area contributed by atoms with Gasteiger partial charge in [-0.1, -0.05) is 12.1 Å². The van der Waals surface area contributed by atoms with Gasteiger partial charge < -0.3 is 86.3 Å². The molecule has 2 heterocycles. The van der Waals surface area contributed by atoms with Gasteiger partial charge in [-0.2, -0.15) is 0 Å². The molecule has 2 aliphatic heterocycles. The number of hydrogen-bond acceptors (Lipinski definition) is 20. The number of carbonyl (C=O) groups is 3. The summed E-state index contributed by atoms with van der Waals surface area (Å²) in [6.07, 6.45) is -12.9. The van der Waals surface area contributed by atoms with Crippen molar-refractivity contribution < 1.29 is 95.0 Å². The number of carbonyl (C=O) groups excluding carboxylic acids is 3. The highest BCUT2D eigenvalue weighted by Crippen LogP contribution is 2.56. The molecule has 6 rings (SSSR count). The van der Waals surface area contributed by atoms with E-state index in [0.717, 1.165) is 0 Å². The van der Waals surface area contributed by atoms with Gasteiger partial charge in [0.05, 0.1) is 30.4 Å². The Hall–Kier alpha value is -3.65. The van der Waals surface area contributed by atoms with Crippen molar-refractivity contribution in [2.75, 3.05) is 33.9 Å². The highest BCUT2D eigenvalue weighted by atomic mass is 16.8. The van der Waals surface area contributed by atoms with E-state index in [2.05, 4.69) is 0 Å². The molecule has 0 unspecified atom stereocenters. The van der Waals surface area contributed by atoms with Gasteiger partial charge in [0.25, 0.3) is 5.91 Å². The molecule has 1 amide bonds. The molecule has 15 N–H and O–H groups in total. The first-order valence-electron chi connectivity index (χ1n) is 17.0. The Morgan fingerprint density at radius 2 is 1.56 bits per heavy atom. The second-order valence-electron chi connectivity index (χ2n) is 14.5. The molecule has 55 heavy (non-hydrogen) atoms. The molecule has 0 aromatic heterocycles. The Balaban J connectivity index is 0.000000223. The molecule has 5 aliphatic rings. The minimum atomic E-state index is -2.75. The normalized spacial score (nSPS) is 41.4. The van der Waals surface area contributed by atoms with Crippen molar-refractivity contribution in [3.63, 3.8) is 0 Å². The van der Waals surface area contributed by atoms with Crippen molar-refractivity contribution in [2.24, 2.45) is 17.6 Å². The second-order valence-corrected chi connectivity index (χ2v) is 14.5. The van der Waals surface area contributed by atoms with E-state index in [4.69, 9.17) is 30.2 Å². The Morgan fingerprint density at radius 1 is 0.945 bits per heavy atom. The van der Waals surface area contributed by atoms with E-state index in [-0.39, 0.29) is 17.5 Å². The van der Waals surface area contributed by atoms with Gasteiger partial charge >= 0.3 is 0 Å². The number of rotatable bonds is 7. The molecular formula is C34H46N2O19. The predicted octanol–water partition coefficient (Wildman–Crippen LogP) is -5.61. The Morgan fingerprint density at radius 3 is 2.09 bits per heavy atom. The van der Waals surface area contributed by atoms with Crippen LogP contribution in [0.25, 0.3) is 0 Å². The Labute approximate surface area is 311 Å². The number of ether oxygens (including phenoxy) is 3. The van der Waals surface area contributed by atoms with Gasteiger partial charge in [0.1, 0.15) is 72.2 Å². The molecule has 3 aliphatic carbocycles. The summed E-state index contributed by atoms with van der Waals surface area (Å²) >= 11 is 0. The van der Waals surface area contributed by atoms with E-state index in [0.29, 0.717) is 0 Å². The second kappa shape index (κ2) is 15.0. The summed E-state index contributed by atoms with van der Waals surface area (Å²) in [6.45, 7) is -0.920. The van der Waals surface area contributed by atoms with Crippen molar-refractivity contribution in [1.82, 2.24) is 4.90 Å². The zero-order valence-corrected chi connectivity index (χ0v) is 29.7. The van der Waals surface area contributed by atoms with Gasteiger partial charge in [-0.05, 0) is 39.1 Å². The fourth-order valence-corrected chi connectivity index (χ4v) is 8.14. The largest absolute Gasteiger partial charge is 0.510 e. The van der Waals surface area contributed by atoms with Crippen molar-refractivity contribution in [1.29, 1.82) is 0 Å². The number of hydrogen-bond donors (Lipinski definition) is 14. The number of Topliss-reactive ketones (excluding diaryl/α,β-unsaturated/α-hetero) is 2. The lowest BCUT2D eigenvalue weighted by Gasteiger charge is -2.52. The lowest BCUT2D eigenvalue weighted by Crippen LogP contribution is -2.65. The third-order valence-corrected chi connectivity index (χ3v) is 11.1. The van der Waals surface area contributed by atoms with Crippen LogP contribution in [0, 0.1) is 11.8 Å². The molecule has 1 aromatic rings. The quantitative estimate of drug-likeness (QED) is 0.115. The van der Waals surface area contributed by atoms with Gasteiger partial charge in [-0.3, -0.25) is 19.3 Å². The molecule has 21 heteroatoms. The van der Waals surface area contributed by atoms with Crippen LogP contribution in [0.1, 0.15) is 29.3 Å². The lowest BCUT2D eigenvalue weighted by atomic mass is 9.55.